The lowest BCUT2D eigenvalue weighted by Gasteiger charge is -2.44. The summed E-state index contributed by atoms with van der Waals surface area (Å²) in [6.45, 7) is -0.391. The van der Waals surface area contributed by atoms with Gasteiger partial charge in [0.1, 0.15) is 5.75 Å². The minimum absolute atomic E-state index is 0. The summed E-state index contributed by atoms with van der Waals surface area (Å²) in [6.07, 6.45) is 1.53. The maximum Gasteiger partial charge on any atom is 0.387 e. The Bertz CT molecular complexity index is 661. The standard InChI is InChI=1S/C15H20F2N2O4S.ClH/c16-14(17)23-12-1-3-13(4-2-12)24(20,21)19-9-10-22-15(11-19)5-7-18-8-6-15;/h1-4,14,18H,5-11H2;1H. The first-order valence-electron chi connectivity index (χ1n) is 7.81. The fourth-order valence-electron chi connectivity index (χ4n) is 3.14. The number of nitrogens with one attached hydrogen (secondary N) is 1. The number of alkyl halides is 2. The summed E-state index contributed by atoms with van der Waals surface area (Å²) in [4.78, 5) is 0.0649. The van der Waals surface area contributed by atoms with Crippen LogP contribution in [0.25, 0.3) is 0 Å². The van der Waals surface area contributed by atoms with Crippen molar-refractivity contribution in [3.05, 3.63) is 24.3 Å². The number of piperidine rings is 1. The molecule has 0 aromatic heterocycles. The molecule has 1 spiro atoms. The van der Waals surface area contributed by atoms with E-state index < -0.39 is 22.2 Å². The molecule has 10 heteroatoms. The second-order valence-electron chi connectivity index (χ2n) is 5.97. The first-order valence-corrected chi connectivity index (χ1v) is 9.25. The molecule has 2 aliphatic rings. The molecule has 0 bridgehead atoms. The fourth-order valence-corrected chi connectivity index (χ4v) is 4.64. The van der Waals surface area contributed by atoms with Gasteiger partial charge in [-0.1, -0.05) is 0 Å². The monoisotopic (exact) mass is 398 g/mol. The molecule has 25 heavy (non-hydrogen) atoms. The Morgan fingerprint density at radius 2 is 1.84 bits per heavy atom. The number of nitrogens with zero attached hydrogens (tertiary/aromatic N) is 1. The highest BCUT2D eigenvalue weighted by molar-refractivity contribution is 7.89. The maximum atomic E-state index is 12.8. The number of morpholine rings is 1. The smallest absolute Gasteiger partial charge is 0.387 e. The quantitative estimate of drug-likeness (QED) is 0.838. The molecule has 2 fully saturated rings. The molecule has 2 aliphatic heterocycles. The summed E-state index contributed by atoms with van der Waals surface area (Å²) in [5, 5.41) is 3.24. The molecule has 6 nitrogen and oxygen atoms in total. The second kappa shape index (κ2) is 8.13. The van der Waals surface area contributed by atoms with Gasteiger partial charge in [0.15, 0.2) is 0 Å². The zero-order chi connectivity index (χ0) is 17.2. The number of ether oxygens (including phenoxy) is 2. The second-order valence-corrected chi connectivity index (χ2v) is 7.91. The van der Waals surface area contributed by atoms with E-state index in [-0.39, 0.29) is 29.6 Å². The van der Waals surface area contributed by atoms with Crippen LogP contribution in [0, 0.1) is 0 Å². The van der Waals surface area contributed by atoms with Crippen LogP contribution in [0.3, 0.4) is 0 Å². The van der Waals surface area contributed by atoms with E-state index in [2.05, 4.69) is 10.1 Å². The van der Waals surface area contributed by atoms with Gasteiger partial charge in [-0.15, -0.1) is 12.4 Å². The van der Waals surface area contributed by atoms with Crippen LogP contribution in [-0.2, 0) is 14.8 Å². The van der Waals surface area contributed by atoms with Crippen LogP contribution in [0.15, 0.2) is 29.2 Å². The molecule has 1 aromatic rings. The third-order valence-electron chi connectivity index (χ3n) is 4.41. The van der Waals surface area contributed by atoms with Gasteiger partial charge in [0.25, 0.3) is 0 Å². The molecule has 0 unspecified atom stereocenters. The lowest BCUT2D eigenvalue weighted by Crippen LogP contribution is -2.57. The van der Waals surface area contributed by atoms with Gasteiger partial charge >= 0.3 is 6.61 Å². The number of hydrogen-bond acceptors (Lipinski definition) is 5. The van der Waals surface area contributed by atoms with E-state index in [9.17, 15) is 17.2 Å². The predicted octanol–water partition coefficient (Wildman–Crippen LogP) is 1.85. The van der Waals surface area contributed by atoms with Gasteiger partial charge in [-0.25, -0.2) is 8.42 Å². The average Bonchev–Trinajstić information content (AvgIpc) is 2.55. The van der Waals surface area contributed by atoms with Crippen LogP contribution in [0.5, 0.6) is 5.75 Å². The Morgan fingerprint density at radius 1 is 1.20 bits per heavy atom. The zero-order valence-corrected chi connectivity index (χ0v) is 15.1. The van der Waals surface area contributed by atoms with Gasteiger partial charge in [-0.3, -0.25) is 0 Å². The zero-order valence-electron chi connectivity index (χ0n) is 13.5. The lowest BCUT2D eigenvalue weighted by atomic mass is 9.91. The highest BCUT2D eigenvalue weighted by atomic mass is 35.5. The van der Waals surface area contributed by atoms with Gasteiger partial charge in [-0.05, 0) is 50.2 Å². The van der Waals surface area contributed by atoms with E-state index in [4.69, 9.17) is 4.74 Å². The highest BCUT2D eigenvalue weighted by Gasteiger charge is 2.41. The van der Waals surface area contributed by atoms with Crippen molar-refractivity contribution < 1.29 is 26.7 Å². The van der Waals surface area contributed by atoms with E-state index in [0.717, 1.165) is 25.9 Å². The van der Waals surface area contributed by atoms with Gasteiger partial charge < -0.3 is 14.8 Å². The maximum absolute atomic E-state index is 12.8. The van der Waals surface area contributed by atoms with Gasteiger partial charge in [-0.2, -0.15) is 13.1 Å². The molecule has 3 rings (SSSR count). The molecular formula is C15H21ClF2N2O4S. The SMILES string of the molecule is Cl.O=S(=O)(c1ccc(OC(F)F)cc1)N1CCOC2(CCNCC2)C1. The number of sulfonamides is 1. The van der Waals surface area contributed by atoms with E-state index in [1.165, 1.54) is 28.6 Å². The Labute approximate surface area is 151 Å². The van der Waals surface area contributed by atoms with Crippen molar-refractivity contribution >= 4 is 22.4 Å². The van der Waals surface area contributed by atoms with Crippen molar-refractivity contribution in [1.29, 1.82) is 0 Å². The predicted molar refractivity (Wildman–Crippen MR) is 89.9 cm³/mol. The third kappa shape index (κ3) is 4.59. The molecule has 0 amide bonds. The minimum atomic E-state index is -3.69. The van der Waals surface area contributed by atoms with Crippen molar-refractivity contribution in [2.75, 3.05) is 32.8 Å². The van der Waals surface area contributed by atoms with Gasteiger partial charge in [0, 0.05) is 13.1 Å². The van der Waals surface area contributed by atoms with Crippen molar-refractivity contribution in [2.24, 2.45) is 0 Å². The minimum Gasteiger partial charge on any atom is -0.435 e. The first-order chi connectivity index (χ1) is 11.4. The molecule has 1 N–H and O–H groups in total. The number of rotatable bonds is 4. The van der Waals surface area contributed by atoms with Gasteiger partial charge in [0.05, 0.1) is 17.1 Å². The van der Waals surface area contributed by atoms with Crippen LogP contribution < -0.4 is 10.1 Å². The molecule has 1 aromatic carbocycles. The number of hydrogen-bond donors (Lipinski definition) is 1. The van der Waals surface area contributed by atoms with E-state index >= 15 is 0 Å². The molecule has 2 saturated heterocycles. The molecule has 0 saturated carbocycles. The number of halogens is 3. The lowest BCUT2D eigenvalue weighted by molar-refractivity contribution is -0.105. The molecule has 2 heterocycles. The summed E-state index contributed by atoms with van der Waals surface area (Å²) in [6, 6.07) is 5.05. The third-order valence-corrected chi connectivity index (χ3v) is 6.27. The largest absolute Gasteiger partial charge is 0.435 e. The first kappa shape index (κ1) is 20.3. The summed E-state index contributed by atoms with van der Waals surface area (Å²) >= 11 is 0. The van der Waals surface area contributed by atoms with E-state index in [1.807, 2.05) is 0 Å². The van der Waals surface area contributed by atoms with Crippen LogP contribution in [0.2, 0.25) is 0 Å². The van der Waals surface area contributed by atoms with Crippen molar-refractivity contribution in [2.45, 2.75) is 29.9 Å². The normalized spacial score (nSPS) is 21.1. The molecule has 142 valence electrons. The number of benzene rings is 1. The van der Waals surface area contributed by atoms with E-state index in [1.54, 1.807) is 0 Å². The molecule has 0 radical (unpaired) electrons. The summed E-state index contributed by atoms with van der Waals surface area (Å²) in [5.41, 5.74) is -0.435. The van der Waals surface area contributed by atoms with Crippen LogP contribution in [0.1, 0.15) is 12.8 Å². The summed E-state index contributed by atoms with van der Waals surface area (Å²) < 4.78 is 61.5. The molecule has 0 atom stereocenters. The summed E-state index contributed by atoms with van der Waals surface area (Å²) in [7, 11) is -3.69. The van der Waals surface area contributed by atoms with Gasteiger partial charge in [0.2, 0.25) is 10.0 Å². The molecular weight excluding hydrogens is 378 g/mol. The Kier molecular flexibility index (Phi) is 6.61. The molecule has 0 aliphatic carbocycles. The fraction of sp³-hybridized carbons (Fsp3) is 0.600. The summed E-state index contributed by atoms with van der Waals surface area (Å²) in [5.74, 6) is -0.0687. The van der Waals surface area contributed by atoms with Crippen LogP contribution >= 0.6 is 12.4 Å². The van der Waals surface area contributed by atoms with Crippen LogP contribution in [0.4, 0.5) is 8.78 Å². The average molecular weight is 399 g/mol. The van der Waals surface area contributed by atoms with E-state index in [0.29, 0.717) is 13.2 Å². The highest BCUT2D eigenvalue weighted by Crippen LogP contribution is 2.31. The topological polar surface area (TPSA) is 67.9 Å². The Morgan fingerprint density at radius 3 is 2.44 bits per heavy atom. The van der Waals surface area contributed by atoms with Crippen molar-refractivity contribution in [1.82, 2.24) is 9.62 Å². The Balaban J connectivity index is 0.00000225. The van der Waals surface area contributed by atoms with Crippen LogP contribution in [-0.4, -0.2) is 57.7 Å². The van der Waals surface area contributed by atoms with Crippen molar-refractivity contribution in [3.8, 4) is 5.75 Å². The Hall–Kier alpha value is -1.00. The van der Waals surface area contributed by atoms with Crippen molar-refractivity contribution in [3.63, 3.8) is 0 Å².